The fourth-order valence-corrected chi connectivity index (χ4v) is 3.41. The fraction of sp³-hybridized carbons (Fsp3) is 1.00. The highest BCUT2D eigenvalue weighted by molar-refractivity contribution is 4.90. The Hall–Kier alpha value is -0.120. The molecule has 1 rings (SSSR count). The van der Waals surface area contributed by atoms with Crippen LogP contribution in [-0.4, -0.2) is 63.2 Å². The average molecular weight is 269 g/mol. The van der Waals surface area contributed by atoms with Crippen molar-refractivity contribution in [1.29, 1.82) is 0 Å². The van der Waals surface area contributed by atoms with Gasteiger partial charge in [-0.05, 0) is 78.8 Å². The first kappa shape index (κ1) is 16.9. The molecule has 3 nitrogen and oxygen atoms in total. The summed E-state index contributed by atoms with van der Waals surface area (Å²) >= 11 is 0. The predicted octanol–water partition coefficient (Wildman–Crippen LogP) is 2.28. The molecule has 0 aromatic heterocycles. The summed E-state index contributed by atoms with van der Waals surface area (Å²) in [7, 11) is 8.76. The van der Waals surface area contributed by atoms with Gasteiger partial charge in [0, 0.05) is 12.1 Å². The van der Waals surface area contributed by atoms with Crippen LogP contribution in [0.1, 0.15) is 39.5 Å². The molecule has 0 aromatic rings. The Morgan fingerprint density at radius 2 is 1.79 bits per heavy atom. The van der Waals surface area contributed by atoms with Crippen LogP contribution in [0, 0.1) is 11.8 Å². The first-order chi connectivity index (χ1) is 8.95. The summed E-state index contributed by atoms with van der Waals surface area (Å²) in [5, 5.41) is 3.54. The molecule has 1 saturated carbocycles. The maximum absolute atomic E-state index is 3.54. The molecule has 1 fully saturated rings. The van der Waals surface area contributed by atoms with E-state index < -0.39 is 0 Å². The van der Waals surface area contributed by atoms with E-state index in [2.05, 4.69) is 57.2 Å². The van der Waals surface area contributed by atoms with Gasteiger partial charge < -0.3 is 15.1 Å². The van der Waals surface area contributed by atoms with Gasteiger partial charge in [0.15, 0.2) is 0 Å². The topological polar surface area (TPSA) is 18.5 Å². The van der Waals surface area contributed by atoms with Gasteiger partial charge >= 0.3 is 0 Å². The second-order valence-corrected chi connectivity index (χ2v) is 6.92. The van der Waals surface area contributed by atoms with Crippen LogP contribution < -0.4 is 5.32 Å². The SMILES string of the molecule is CNC1CCC(C(C)C)CC1N(C)CCCN(C)C. The molecule has 1 aliphatic rings. The van der Waals surface area contributed by atoms with Crippen LogP contribution in [0.25, 0.3) is 0 Å². The van der Waals surface area contributed by atoms with Gasteiger partial charge in [0.2, 0.25) is 0 Å². The van der Waals surface area contributed by atoms with E-state index in [-0.39, 0.29) is 0 Å². The molecule has 0 bridgehead atoms. The average Bonchev–Trinajstić information content (AvgIpc) is 2.37. The smallest absolute Gasteiger partial charge is 0.0248 e. The van der Waals surface area contributed by atoms with E-state index in [1.807, 2.05) is 0 Å². The predicted molar refractivity (Wildman–Crippen MR) is 84.6 cm³/mol. The number of likely N-dealkylation sites (N-methyl/N-ethyl adjacent to an activating group) is 2. The summed E-state index contributed by atoms with van der Waals surface area (Å²) in [5.74, 6) is 1.74. The lowest BCUT2D eigenvalue weighted by atomic mass is 9.76. The third-order valence-electron chi connectivity index (χ3n) is 4.85. The maximum Gasteiger partial charge on any atom is 0.0248 e. The Morgan fingerprint density at radius 3 is 2.32 bits per heavy atom. The van der Waals surface area contributed by atoms with Crippen molar-refractivity contribution in [2.75, 3.05) is 41.3 Å². The number of hydrogen-bond acceptors (Lipinski definition) is 3. The molecule has 3 atom stereocenters. The van der Waals surface area contributed by atoms with E-state index >= 15 is 0 Å². The molecule has 0 aliphatic heterocycles. The van der Waals surface area contributed by atoms with Crippen LogP contribution in [0.4, 0.5) is 0 Å². The first-order valence-corrected chi connectivity index (χ1v) is 7.98. The van der Waals surface area contributed by atoms with Crippen molar-refractivity contribution in [3.63, 3.8) is 0 Å². The summed E-state index contributed by atoms with van der Waals surface area (Å²) in [6, 6.07) is 1.40. The van der Waals surface area contributed by atoms with Gasteiger partial charge in [-0.2, -0.15) is 0 Å². The fourth-order valence-electron chi connectivity index (χ4n) is 3.41. The Morgan fingerprint density at radius 1 is 1.11 bits per heavy atom. The standard InChI is InChI=1S/C16H35N3/c1-13(2)14-8-9-15(17-3)16(12-14)19(6)11-7-10-18(4)5/h13-17H,7-12H2,1-6H3. The number of nitrogens with one attached hydrogen (secondary N) is 1. The van der Waals surface area contributed by atoms with Gasteiger partial charge in [-0.15, -0.1) is 0 Å². The van der Waals surface area contributed by atoms with Gasteiger partial charge in [-0.3, -0.25) is 0 Å². The van der Waals surface area contributed by atoms with Gasteiger partial charge in [-0.1, -0.05) is 13.8 Å². The van der Waals surface area contributed by atoms with Crippen molar-refractivity contribution < 1.29 is 0 Å². The summed E-state index contributed by atoms with van der Waals surface area (Å²) < 4.78 is 0. The molecule has 0 radical (unpaired) electrons. The molecule has 0 heterocycles. The molecular formula is C16H35N3. The number of hydrogen-bond donors (Lipinski definition) is 1. The largest absolute Gasteiger partial charge is 0.315 e. The van der Waals surface area contributed by atoms with E-state index in [0.29, 0.717) is 12.1 Å². The van der Waals surface area contributed by atoms with Crippen molar-refractivity contribution in [1.82, 2.24) is 15.1 Å². The van der Waals surface area contributed by atoms with Gasteiger partial charge in [0.1, 0.15) is 0 Å². The third-order valence-corrected chi connectivity index (χ3v) is 4.85. The van der Waals surface area contributed by atoms with Gasteiger partial charge in [-0.25, -0.2) is 0 Å². The zero-order chi connectivity index (χ0) is 14.4. The third kappa shape index (κ3) is 5.41. The minimum Gasteiger partial charge on any atom is -0.315 e. The second-order valence-electron chi connectivity index (χ2n) is 6.92. The Balaban J connectivity index is 2.49. The van der Waals surface area contributed by atoms with Gasteiger partial charge in [0.25, 0.3) is 0 Å². The molecule has 114 valence electrons. The van der Waals surface area contributed by atoms with Crippen molar-refractivity contribution in [3.05, 3.63) is 0 Å². The molecule has 0 saturated heterocycles. The van der Waals surface area contributed by atoms with Crippen LogP contribution in [-0.2, 0) is 0 Å². The molecular weight excluding hydrogens is 234 g/mol. The zero-order valence-electron chi connectivity index (χ0n) is 13.9. The van der Waals surface area contributed by atoms with Crippen LogP contribution in [0.15, 0.2) is 0 Å². The van der Waals surface area contributed by atoms with E-state index in [0.717, 1.165) is 11.8 Å². The molecule has 1 aliphatic carbocycles. The summed E-state index contributed by atoms with van der Waals surface area (Å²) in [5.41, 5.74) is 0. The summed E-state index contributed by atoms with van der Waals surface area (Å²) in [6.07, 6.45) is 5.36. The van der Waals surface area contributed by atoms with E-state index in [1.54, 1.807) is 0 Å². The highest BCUT2D eigenvalue weighted by Gasteiger charge is 2.32. The minimum absolute atomic E-state index is 0.680. The molecule has 19 heavy (non-hydrogen) atoms. The molecule has 0 aromatic carbocycles. The lowest BCUT2D eigenvalue weighted by Gasteiger charge is -2.42. The molecule has 1 N–H and O–H groups in total. The molecule has 0 amide bonds. The van der Waals surface area contributed by atoms with E-state index in [9.17, 15) is 0 Å². The Bertz CT molecular complexity index is 240. The van der Waals surface area contributed by atoms with Crippen molar-refractivity contribution in [3.8, 4) is 0 Å². The van der Waals surface area contributed by atoms with Crippen molar-refractivity contribution in [2.45, 2.75) is 51.6 Å². The summed E-state index contributed by atoms with van der Waals surface area (Å²) in [4.78, 5) is 4.88. The monoisotopic (exact) mass is 269 g/mol. The van der Waals surface area contributed by atoms with Crippen LogP contribution in [0.3, 0.4) is 0 Å². The van der Waals surface area contributed by atoms with Crippen LogP contribution in [0.2, 0.25) is 0 Å². The minimum atomic E-state index is 0.680. The second kappa shape index (κ2) is 8.23. The highest BCUT2D eigenvalue weighted by Crippen LogP contribution is 2.32. The maximum atomic E-state index is 3.54. The van der Waals surface area contributed by atoms with E-state index in [4.69, 9.17) is 0 Å². The lowest BCUT2D eigenvalue weighted by molar-refractivity contribution is 0.103. The zero-order valence-corrected chi connectivity index (χ0v) is 13.9. The number of nitrogens with zero attached hydrogens (tertiary/aromatic N) is 2. The summed E-state index contributed by atoms with van der Waals surface area (Å²) in [6.45, 7) is 7.17. The normalized spacial score (nSPS) is 28.6. The van der Waals surface area contributed by atoms with E-state index in [1.165, 1.54) is 38.8 Å². The molecule has 3 heteroatoms. The van der Waals surface area contributed by atoms with Crippen LogP contribution in [0.5, 0.6) is 0 Å². The van der Waals surface area contributed by atoms with Crippen molar-refractivity contribution in [2.24, 2.45) is 11.8 Å². The van der Waals surface area contributed by atoms with Crippen LogP contribution >= 0.6 is 0 Å². The Labute approximate surface area is 120 Å². The van der Waals surface area contributed by atoms with Gasteiger partial charge in [0.05, 0.1) is 0 Å². The van der Waals surface area contributed by atoms with Crippen molar-refractivity contribution >= 4 is 0 Å². The first-order valence-electron chi connectivity index (χ1n) is 7.98. The number of rotatable bonds is 7. The Kier molecular flexibility index (Phi) is 7.33. The lowest BCUT2D eigenvalue weighted by Crippen LogP contribution is -2.52. The highest BCUT2D eigenvalue weighted by atomic mass is 15.2. The quantitative estimate of drug-likeness (QED) is 0.765. The molecule has 3 unspecified atom stereocenters. The molecule has 0 spiro atoms.